The summed E-state index contributed by atoms with van der Waals surface area (Å²) in [4.78, 5) is 12.2. The highest BCUT2D eigenvalue weighted by Crippen LogP contribution is 2.17. The molecule has 0 atom stereocenters. The second-order valence-electron chi connectivity index (χ2n) is 4.32. The van der Waals surface area contributed by atoms with Crippen LogP contribution in [0.2, 0.25) is 5.02 Å². The van der Waals surface area contributed by atoms with Crippen LogP contribution in [-0.2, 0) is 13.0 Å². The largest absolute Gasteiger partial charge is 0.292 e. The topological polar surface area (TPSA) is 34.9 Å². The summed E-state index contributed by atoms with van der Waals surface area (Å²) >= 11 is 5.81. The number of hydrogen-bond acceptors (Lipinski definition) is 2. The highest BCUT2D eigenvalue weighted by Gasteiger charge is 2.15. The van der Waals surface area contributed by atoms with Gasteiger partial charge in [-0.1, -0.05) is 11.6 Å². The Morgan fingerprint density at radius 1 is 1.42 bits per heavy atom. The molecule has 1 aromatic heterocycles. The van der Waals surface area contributed by atoms with Crippen molar-refractivity contribution in [2.75, 3.05) is 0 Å². The first-order valence-electron chi connectivity index (χ1n) is 6.03. The van der Waals surface area contributed by atoms with Crippen LogP contribution in [0.3, 0.4) is 0 Å². The third-order valence-electron chi connectivity index (χ3n) is 2.85. The quantitative estimate of drug-likeness (QED) is 0.804. The maximum Gasteiger partial charge on any atom is 0.185 e. The summed E-state index contributed by atoms with van der Waals surface area (Å²) in [7, 11) is 0. The first-order valence-corrected chi connectivity index (χ1v) is 6.40. The van der Waals surface area contributed by atoms with E-state index < -0.39 is 5.82 Å². The number of carbonyl (C=O) groups is 1. The van der Waals surface area contributed by atoms with Gasteiger partial charge in [0, 0.05) is 18.0 Å². The molecule has 0 fully saturated rings. The number of Topliss-reactive ketones (excluding diaryl/α,β-unsaturated/α-hetero) is 1. The van der Waals surface area contributed by atoms with E-state index in [2.05, 4.69) is 5.10 Å². The first kappa shape index (κ1) is 13.7. The van der Waals surface area contributed by atoms with E-state index in [1.165, 1.54) is 18.2 Å². The molecule has 0 amide bonds. The van der Waals surface area contributed by atoms with Crippen LogP contribution in [0.5, 0.6) is 0 Å². The summed E-state index contributed by atoms with van der Waals surface area (Å²) in [6.45, 7) is 4.33. The Hall–Kier alpha value is -1.68. The molecule has 0 saturated heterocycles. The number of aromatic nitrogens is 2. The highest BCUT2D eigenvalue weighted by atomic mass is 35.5. The van der Waals surface area contributed by atoms with E-state index in [1.54, 1.807) is 10.7 Å². The Bertz CT molecular complexity index is 622. The van der Waals surface area contributed by atoms with Gasteiger partial charge in [-0.05, 0) is 43.7 Å². The zero-order valence-corrected chi connectivity index (χ0v) is 11.5. The molecule has 0 aliphatic heterocycles. The standard InChI is InChI=1S/C14H14ClFN2O/c1-3-18-13(6-9(2)17-18)14(19)8-10-7-11(15)4-5-12(10)16/h4-7H,3,8H2,1-2H3. The van der Waals surface area contributed by atoms with E-state index in [4.69, 9.17) is 11.6 Å². The maximum atomic E-state index is 13.6. The molecule has 0 bridgehead atoms. The summed E-state index contributed by atoms with van der Waals surface area (Å²) in [6.07, 6.45) is -0.0163. The van der Waals surface area contributed by atoms with Gasteiger partial charge < -0.3 is 0 Å². The van der Waals surface area contributed by atoms with Gasteiger partial charge in [0.25, 0.3) is 0 Å². The van der Waals surface area contributed by atoms with Crippen molar-refractivity contribution in [1.82, 2.24) is 9.78 Å². The fourth-order valence-corrected chi connectivity index (χ4v) is 2.15. The summed E-state index contributed by atoms with van der Waals surface area (Å²) in [6, 6.07) is 5.93. The Balaban J connectivity index is 2.27. The Morgan fingerprint density at radius 2 is 2.16 bits per heavy atom. The normalized spacial score (nSPS) is 10.7. The molecule has 5 heteroatoms. The number of carbonyl (C=O) groups excluding carboxylic acids is 1. The molecular formula is C14H14ClFN2O. The Labute approximate surface area is 116 Å². The minimum Gasteiger partial charge on any atom is -0.292 e. The molecule has 1 aromatic carbocycles. The van der Waals surface area contributed by atoms with Gasteiger partial charge in [-0.15, -0.1) is 0 Å². The predicted octanol–water partition coefficient (Wildman–Crippen LogP) is 3.43. The van der Waals surface area contributed by atoms with E-state index in [1.807, 2.05) is 13.8 Å². The van der Waals surface area contributed by atoms with Gasteiger partial charge in [0.05, 0.1) is 5.69 Å². The molecule has 0 unspecified atom stereocenters. The number of benzene rings is 1. The second kappa shape index (κ2) is 5.53. The van der Waals surface area contributed by atoms with Crippen LogP contribution in [0, 0.1) is 12.7 Å². The van der Waals surface area contributed by atoms with Crippen LogP contribution in [-0.4, -0.2) is 15.6 Å². The lowest BCUT2D eigenvalue weighted by Crippen LogP contribution is -2.12. The van der Waals surface area contributed by atoms with Gasteiger partial charge in [-0.25, -0.2) is 4.39 Å². The average molecular weight is 281 g/mol. The van der Waals surface area contributed by atoms with Crippen molar-refractivity contribution < 1.29 is 9.18 Å². The van der Waals surface area contributed by atoms with Gasteiger partial charge >= 0.3 is 0 Å². The van der Waals surface area contributed by atoms with Gasteiger partial charge in [-0.3, -0.25) is 9.48 Å². The van der Waals surface area contributed by atoms with Crippen LogP contribution in [0.1, 0.15) is 28.7 Å². The van der Waals surface area contributed by atoms with Crippen molar-refractivity contribution in [1.29, 1.82) is 0 Å². The summed E-state index contributed by atoms with van der Waals surface area (Å²) < 4.78 is 15.2. The third-order valence-corrected chi connectivity index (χ3v) is 3.08. The summed E-state index contributed by atoms with van der Waals surface area (Å²) in [5, 5.41) is 4.63. The van der Waals surface area contributed by atoms with Gasteiger partial charge in [-0.2, -0.15) is 5.10 Å². The minimum atomic E-state index is -0.419. The molecule has 0 aliphatic rings. The fourth-order valence-electron chi connectivity index (χ4n) is 1.95. The van der Waals surface area contributed by atoms with Crippen LogP contribution in [0.25, 0.3) is 0 Å². The molecule has 2 aromatic rings. The lowest BCUT2D eigenvalue weighted by molar-refractivity contribution is 0.0981. The van der Waals surface area contributed by atoms with E-state index in [9.17, 15) is 9.18 Å². The third kappa shape index (κ3) is 3.01. The molecule has 0 N–H and O–H groups in total. The fraction of sp³-hybridized carbons (Fsp3) is 0.286. The second-order valence-corrected chi connectivity index (χ2v) is 4.76. The van der Waals surface area contributed by atoms with Crippen molar-refractivity contribution in [2.45, 2.75) is 26.8 Å². The molecular weight excluding hydrogens is 267 g/mol. The number of aryl methyl sites for hydroxylation is 2. The number of rotatable bonds is 4. The smallest absolute Gasteiger partial charge is 0.185 e. The van der Waals surface area contributed by atoms with Gasteiger partial charge in [0.1, 0.15) is 11.5 Å². The molecule has 0 aliphatic carbocycles. The number of halogens is 2. The zero-order valence-electron chi connectivity index (χ0n) is 10.8. The van der Waals surface area contributed by atoms with E-state index in [0.717, 1.165) is 5.69 Å². The van der Waals surface area contributed by atoms with Crippen LogP contribution >= 0.6 is 11.6 Å². The molecule has 3 nitrogen and oxygen atoms in total. The van der Waals surface area contributed by atoms with E-state index in [0.29, 0.717) is 22.8 Å². The minimum absolute atomic E-state index is 0.0163. The Kier molecular flexibility index (Phi) is 4.00. The van der Waals surface area contributed by atoms with Crippen molar-refractivity contribution in [2.24, 2.45) is 0 Å². The lowest BCUT2D eigenvalue weighted by atomic mass is 10.1. The molecule has 100 valence electrons. The molecule has 19 heavy (non-hydrogen) atoms. The number of nitrogens with zero attached hydrogens (tertiary/aromatic N) is 2. The Morgan fingerprint density at radius 3 is 2.84 bits per heavy atom. The predicted molar refractivity (Wildman–Crippen MR) is 72.1 cm³/mol. The van der Waals surface area contributed by atoms with Crippen LogP contribution in [0.4, 0.5) is 4.39 Å². The van der Waals surface area contributed by atoms with Crippen molar-refractivity contribution in [3.05, 3.63) is 52.1 Å². The van der Waals surface area contributed by atoms with Crippen molar-refractivity contribution >= 4 is 17.4 Å². The average Bonchev–Trinajstić information content (AvgIpc) is 2.75. The van der Waals surface area contributed by atoms with Crippen molar-refractivity contribution in [3.63, 3.8) is 0 Å². The first-order chi connectivity index (χ1) is 9.01. The van der Waals surface area contributed by atoms with Crippen LogP contribution < -0.4 is 0 Å². The van der Waals surface area contributed by atoms with E-state index in [-0.39, 0.29) is 12.2 Å². The van der Waals surface area contributed by atoms with Crippen LogP contribution in [0.15, 0.2) is 24.3 Å². The lowest BCUT2D eigenvalue weighted by Gasteiger charge is -2.05. The molecule has 1 heterocycles. The van der Waals surface area contributed by atoms with E-state index >= 15 is 0 Å². The monoisotopic (exact) mass is 280 g/mol. The highest BCUT2D eigenvalue weighted by molar-refractivity contribution is 6.30. The number of hydrogen-bond donors (Lipinski definition) is 0. The molecule has 0 saturated carbocycles. The zero-order chi connectivity index (χ0) is 14.0. The summed E-state index contributed by atoms with van der Waals surface area (Å²) in [5.41, 5.74) is 1.58. The molecule has 2 rings (SSSR count). The molecule has 0 spiro atoms. The van der Waals surface area contributed by atoms with Gasteiger partial charge in [0.2, 0.25) is 0 Å². The van der Waals surface area contributed by atoms with Gasteiger partial charge in [0.15, 0.2) is 5.78 Å². The maximum absolute atomic E-state index is 13.6. The summed E-state index contributed by atoms with van der Waals surface area (Å²) in [5.74, 6) is -0.583. The molecule has 0 radical (unpaired) electrons. The number of ketones is 1. The van der Waals surface area contributed by atoms with Crippen molar-refractivity contribution in [3.8, 4) is 0 Å². The SMILES string of the molecule is CCn1nc(C)cc1C(=O)Cc1cc(Cl)ccc1F.